The van der Waals surface area contributed by atoms with Crippen molar-refractivity contribution in [1.82, 2.24) is 0 Å². The van der Waals surface area contributed by atoms with E-state index in [4.69, 9.17) is 15.7 Å². The van der Waals surface area contributed by atoms with Crippen LogP contribution in [0.2, 0.25) is 0 Å². The summed E-state index contributed by atoms with van der Waals surface area (Å²) in [5, 5.41) is 11.7. The highest BCUT2D eigenvalue weighted by Crippen LogP contribution is 2.26. The monoisotopic (exact) mass is 289 g/mol. The Kier molecular flexibility index (Phi) is 6.70. The number of nitrogens with zero attached hydrogens (tertiary/aromatic N) is 1. The summed E-state index contributed by atoms with van der Waals surface area (Å²) in [6.07, 6.45) is 2.64. The summed E-state index contributed by atoms with van der Waals surface area (Å²) >= 11 is 0. The lowest BCUT2D eigenvalue weighted by Gasteiger charge is -2.15. The molecular weight excluding hydrogens is 266 g/mol. The summed E-state index contributed by atoms with van der Waals surface area (Å²) in [6.45, 7) is 3.86. The second-order valence-corrected chi connectivity index (χ2v) is 5.33. The van der Waals surface area contributed by atoms with Crippen LogP contribution >= 0.6 is 0 Å². The normalized spacial score (nSPS) is 13.1. The zero-order chi connectivity index (χ0) is 15.8. The number of hydrogen-bond donors (Lipinski definition) is 2. The highest BCUT2D eigenvalue weighted by Gasteiger charge is 2.15. The van der Waals surface area contributed by atoms with E-state index in [1.165, 1.54) is 7.11 Å². The predicted molar refractivity (Wildman–Crippen MR) is 83.0 cm³/mol. The molecule has 1 amide bonds. The zero-order valence-electron chi connectivity index (χ0n) is 12.8. The van der Waals surface area contributed by atoms with Gasteiger partial charge in [-0.3, -0.25) is 4.79 Å². The average molecular weight is 289 g/mol. The average Bonchev–Trinajstić information content (AvgIpc) is 2.46. The molecule has 0 saturated heterocycles. The summed E-state index contributed by atoms with van der Waals surface area (Å²) in [7, 11) is 1.51. The van der Waals surface area contributed by atoms with Gasteiger partial charge in [-0.1, -0.05) is 13.3 Å². The maximum atomic E-state index is 12.1. The van der Waals surface area contributed by atoms with Crippen molar-refractivity contribution in [2.45, 2.75) is 39.2 Å². The minimum Gasteiger partial charge on any atom is -0.495 e. The van der Waals surface area contributed by atoms with E-state index in [0.717, 1.165) is 19.3 Å². The Morgan fingerprint density at radius 2 is 2.14 bits per heavy atom. The summed E-state index contributed by atoms with van der Waals surface area (Å²) in [6, 6.07) is 7.15. The molecule has 1 aromatic carbocycles. The van der Waals surface area contributed by atoms with Gasteiger partial charge in [-0.25, -0.2) is 0 Å². The molecular formula is C16H23N3O2. The molecule has 0 fully saturated rings. The fraction of sp³-hybridized carbons (Fsp3) is 0.500. The minimum absolute atomic E-state index is 0.0531. The van der Waals surface area contributed by atoms with Gasteiger partial charge in [0.1, 0.15) is 5.75 Å². The Hall–Kier alpha value is -2.06. The molecule has 114 valence electrons. The molecule has 0 saturated carbocycles. The smallest absolute Gasteiger partial charge is 0.227 e. The Bertz CT molecular complexity index is 521. The molecule has 0 heterocycles. The first-order chi connectivity index (χ1) is 9.97. The number of amides is 1. The van der Waals surface area contributed by atoms with Gasteiger partial charge in [-0.05, 0) is 31.9 Å². The lowest BCUT2D eigenvalue weighted by Crippen LogP contribution is -2.21. The van der Waals surface area contributed by atoms with Crippen molar-refractivity contribution >= 4 is 11.6 Å². The second kappa shape index (κ2) is 8.28. The van der Waals surface area contributed by atoms with Gasteiger partial charge in [0.05, 0.1) is 24.4 Å². The number of ether oxygens (including phenoxy) is 1. The van der Waals surface area contributed by atoms with Crippen molar-refractivity contribution in [2.24, 2.45) is 11.7 Å². The van der Waals surface area contributed by atoms with Gasteiger partial charge >= 0.3 is 0 Å². The first kappa shape index (κ1) is 17.0. The Labute approximate surface area is 126 Å². The van der Waals surface area contributed by atoms with E-state index in [1.54, 1.807) is 18.2 Å². The third kappa shape index (κ3) is 5.44. The number of carbonyl (C=O) groups is 1. The lowest BCUT2D eigenvalue weighted by atomic mass is 10.0. The van der Waals surface area contributed by atoms with Gasteiger partial charge in [0.25, 0.3) is 0 Å². The van der Waals surface area contributed by atoms with Gasteiger partial charge < -0.3 is 15.8 Å². The molecule has 5 heteroatoms. The van der Waals surface area contributed by atoms with Crippen LogP contribution in [0.3, 0.4) is 0 Å². The van der Waals surface area contributed by atoms with E-state index in [-0.39, 0.29) is 17.9 Å². The van der Waals surface area contributed by atoms with E-state index in [1.807, 2.05) is 19.9 Å². The fourth-order valence-electron chi connectivity index (χ4n) is 2.00. The van der Waals surface area contributed by atoms with E-state index in [2.05, 4.69) is 5.32 Å². The summed E-state index contributed by atoms with van der Waals surface area (Å²) < 4.78 is 5.20. The van der Waals surface area contributed by atoms with Crippen molar-refractivity contribution < 1.29 is 9.53 Å². The van der Waals surface area contributed by atoms with Crippen molar-refractivity contribution in [3.8, 4) is 11.8 Å². The Morgan fingerprint density at radius 1 is 1.43 bits per heavy atom. The van der Waals surface area contributed by atoms with Crippen LogP contribution in [-0.2, 0) is 4.79 Å². The SMILES string of the molecule is COc1cc(C#N)ccc1NC(=O)C(C)CCCC(C)N. The van der Waals surface area contributed by atoms with E-state index < -0.39 is 0 Å². The number of nitrogens with one attached hydrogen (secondary N) is 1. The van der Waals surface area contributed by atoms with Crippen LogP contribution in [0.1, 0.15) is 38.7 Å². The standard InChI is InChI=1S/C16H23N3O2/c1-11(5-4-6-12(2)18)16(20)19-14-8-7-13(10-17)9-15(14)21-3/h7-9,11-12H,4-6,18H2,1-3H3,(H,19,20). The number of benzene rings is 1. The number of nitrogens with two attached hydrogens (primary N) is 1. The van der Waals surface area contributed by atoms with Crippen molar-refractivity contribution in [2.75, 3.05) is 12.4 Å². The second-order valence-electron chi connectivity index (χ2n) is 5.33. The van der Waals surface area contributed by atoms with Gasteiger partial charge in [0, 0.05) is 18.0 Å². The molecule has 0 bridgehead atoms. The molecule has 0 spiro atoms. The third-order valence-electron chi connectivity index (χ3n) is 3.33. The zero-order valence-corrected chi connectivity index (χ0v) is 12.8. The van der Waals surface area contributed by atoms with E-state index in [0.29, 0.717) is 17.0 Å². The quantitative estimate of drug-likeness (QED) is 0.807. The number of anilines is 1. The topological polar surface area (TPSA) is 88.1 Å². The molecule has 0 aliphatic heterocycles. The molecule has 0 radical (unpaired) electrons. The van der Waals surface area contributed by atoms with Crippen molar-refractivity contribution in [3.05, 3.63) is 23.8 Å². The molecule has 0 aromatic heterocycles. The Balaban J connectivity index is 2.64. The first-order valence-electron chi connectivity index (χ1n) is 7.12. The van der Waals surface area contributed by atoms with Crippen LogP contribution < -0.4 is 15.8 Å². The fourth-order valence-corrected chi connectivity index (χ4v) is 2.00. The maximum absolute atomic E-state index is 12.1. The van der Waals surface area contributed by atoms with Crippen LogP contribution in [0.4, 0.5) is 5.69 Å². The van der Waals surface area contributed by atoms with Gasteiger partial charge in [-0.2, -0.15) is 5.26 Å². The van der Waals surface area contributed by atoms with Crippen LogP contribution in [0.5, 0.6) is 5.75 Å². The molecule has 0 aliphatic rings. The Morgan fingerprint density at radius 3 is 2.71 bits per heavy atom. The van der Waals surface area contributed by atoms with Gasteiger partial charge in [0.15, 0.2) is 0 Å². The van der Waals surface area contributed by atoms with Crippen LogP contribution in [-0.4, -0.2) is 19.1 Å². The van der Waals surface area contributed by atoms with Crippen molar-refractivity contribution in [1.29, 1.82) is 5.26 Å². The van der Waals surface area contributed by atoms with E-state index in [9.17, 15) is 4.79 Å². The maximum Gasteiger partial charge on any atom is 0.227 e. The molecule has 3 N–H and O–H groups in total. The third-order valence-corrected chi connectivity index (χ3v) is 3.33. The highest BCUT2D eigenvalue weighted by atomic mass is 16.5. The van der Waals surface area contributed by atoms with Crippen LogP contribution in [0, 0.1) is 17.2 Å². The highest BCUT2D eigenvalue weighted by molar-refractivity contribution is 5.93. The van der Waals surface area contributed by atoms with Gasteiger partial charge in [-0.15, -0.1) is 0 Å². The van der Waals surface area contributed by atoms with Gasteiger partial charge in [0.2, 0.25) is 5.91 Å². The number of rotatable bonds is 7. The summed E-state index contributed by atoms with van der Waals surface area (Å²) in [5.74, 6) is 0.344. The molecule has 1 aromatic rings. The number of nitriles is 1. The molecule has 1 rings (SSSR count). The number of hydrogen-bond acceptors (Lipinski definition) is 4. The molecule has 21 heavy (non-hydrogen) atoms. The minimum atomic E-state index is -0.0934. The first-order valence-corrected chi connectivity index (χ1v) is 7.12. The summed E-state index contributed by atoms with van der Waals surface area (Å²) in [5.41, 5.74) is 6.78. The predicted octanol–water partition coefficient (Wildman–Crippen LogP) is 2.66. The largest absolute Gasteiger partial charge is 0.495 e. The molecule has 5 nitrogen and oxygen atoms in total. The number of carbonyl (C=O) groups excluding carboxylic acids is 1. The van der Waals surface area contributed by atoms with Crippen LogP contribution in [0.15, 0.2) is 18.2 Å². The molecule has 0 aliphatic carbocycles. The summed E-state index contributed by atoms with van der Waals surface area (Å²) in [4.78, 5) is 12.1. The number of methoxy groups -OCH3 is 1. The lowest BCUT2D eigenvalue weighted by molar-refractivity contribution is -0.119. The van der Waals surface area contributed by atoms with Crippen molar-refractivity contribution in [3.63, 3.8) is 0 Å². The molecule has 2 atom stereocenters. The van der Waals surface area contributed by atoms with E-state index >= 15 is 0 Å². The van der Waals surface area contributed by atoms with Crippen LogP contribution in [0.25, 0.3) is 0 Å². The molecule has 2 unspecified atom stereocenters.